The predicted molar refractivity (Wildman–Crippen MR) is 35.6 cm³/mol. The van der Waals surface area contributed by atoms with Crippen LogP contribution in [0.5, 0.6) is 0 Å². The summed E-state index contributed by atoms with van der Waals surface area (Å²) in [6, 6.07) is 0. The molecule has 50 valence electrons. The molecule has 0 fully saturated rings. The van der Waals surface area contributed by atoms with Crippen molar-refractivity contribution in [2.45, 2.75) is 6.92 Å². The van der Waals surface area contributed by atoms with Gasteiger partial charge in [-0.15, -0.1) is 0 Å². The summed E-state index contributed by atoms with van der Waals surface area (Å²) in [5, 5.41) is 0. The Balaban J connectivity index is 0.000000291. The zero-order valence-corrected chi connectivity index (χ0v) is 5.16. The van der Waals surface area contributed by atoms with Crippen molar-refractivity contribution >= 4 is 12.1 Å². The molecule has 0 atom stereocenters. The Morgan fingerprint density at radius 2 is 2.11 bits per heavy atom. The van der Waals surface area contributed by atoms with Crippen LogP contribution in [-0.4, -0.2) is 12.1 Å². The van der Waals surface area contributed by atoms with E-state index in [1.54, 1.807) is 13.0 Å². The molecule has 1 heterocycles. The van der Waals surface area contributed by atoms with E-state index in [0.29, 0.717) is 0 Å². The van der Waals surface area contributed by atoms with Gasteiger partial charge in [-0.05, 0) is 13.0 Å². The molecular weight excluding hydrogens is 118 g/mol. The van der Waals surface area contributed by atoms with Gasteiger partial charge < -0.3 is 0 Å². The molecule has 0 unspecified atom stereocenters. The number of rotatable bonds is 0. The normalized spacial score (nSPS) is 14.6. The van der Waals surface area contributed by atoms with Crippen LogP contribution in [0, 0.1) is 0 Å². The van der Waals surface area contributed by atoms with E-state index in [9.17, 15) is 4.79 Å². The van der Waals surface area contributed by atoms with Crippen LogP contribution >= 0.6 is 0 Å². The highest BCUT2D eigenvalue weighted by Crippen LogP contribution is 1.98. The standard InChI is InChI=1S/C5H5NO.H4N2/c1-4-2-3-6-5(4)7;1-2/h2-3H,1H3;1-2H2. The van der Waals surface area contributed by atoms with Gasteiger partial charge in [-0.2, -0.15) is 0 Å². The molecular formula is C5H9N3O. The average Bonchev–Trinajstić information content (AvgIpc) is 2.23. The van der Waals surface area contributed by atoms with Crippen molar-refractivity contribution in [3.05, 3.63) is 11.6 Å². The Hall–Kier alpha value is -1.00. The van der Waals surface area contributed by atoms with E-state index in [0.717, 1.165) is 5.57 Å². The third kappa shape index (κ3) is 2.16. The Labute approximate surface area is 53.2 Å². The van der Waals surface area contributed by atoms with Crippen molar-refractivity contribution in [1.29, 1.82) is 0 Å². The van der Waals surface area contributed by atoms with Crippen molar-refractivity contribution < 1.29 is 4.79 Å². The maximum absolute atomic E-state index is 10.3. The van der Waals surface area contributed by atoms with E-state index >= 15 is 0 Å². The van der Waals surface area contributed by atoms with Crippen LogP contribution in [0.2, 0.25) is 0 Å². The summed E-state index contributed by atoms with van der Waals surface area (Å²) in [5.74, 6) is 7.89. The minimum Gasteiger partial charge on any atom is -0.274 e. The average molecular weight is 127 g/mol. The van der Waals surface area contributed by atoms with Crippen LogP contribution < -0.4 is 11.7 Å². The number of carbonyl (C=O) groups excluding carboxylic acids is 1. The summed E-state index contributed by atoms with van der Waals surface area (Å²) in [4.78, 5) is 13.8. The molecule has 9 heavy (non-hydrogen) atoms. The molecule has 1 amide bonds. The zero-order chi connectivity index (χ0) is 7.28. The van der Waals surface area contributed by atoms with Gasteiger partial charge in [0.25, 0.3) is 5.91 Å². The molecule has 0 aromatic heterocycles. The molecule has 0 aromatic rings. The fourth-order valence-corrected chi connectivity index (χ4v) is 0.390. The van der Waals surface area contributed by atoms with E-state index in [1.165, 1.54) is 6.21 Å². The van der Waals surface area contributed by atoms with E-state index in [4.69, 9.17) is 0 Å². The number of allylic oxidation sites excluding steroid dienone is 1. The van der Waals surface area contributed by atoms with Gasteiger partial charge in [0, 0.05) is 11.8 Å². The fraction of sp³-hybridized carbons (Fsp3) is 0.200. The summed E-state index contributed by atoms with van der Waals surface area (Å²) in [5.41, 5.74) is 0.722. The highest BCUT2D eigenvalue weighted by atomic mass is 16.1. The van der Waals surface area contributed by atoms with Crippen LogP contribution in [0.4, 0.5) is 0 Å². The molecule has 4 N–H and O–H groups in total. The largest absolute Gasteiger partial charge is 0.274 e. The minimum absolute atomic E-state index is 0.111. The monoisotopic (exact) mass is 127 g/mol. The smallest absolute Gasteiger partial charge is 0.272 e. The molecule has 0 saturated carbocycles. The Kier molecular flexibility index (Phi) is 3.50. The second-order valence-corrected chi connectivity index (χ2v) is 1.43. The molecule has 1 aliphatic heterocycles. The number of hydrogen-bond donors (Lipinski definition) is 2. The molecule has 1 aliphatic rings. The Morgan fingerprint density at radius 1 is 1.56 bits per heavy atom. The Bertz CT molecular complexity index is 160. The number of hydrogen-bond acceptors (Lipinski definition) is 3. The first-order valence-corrected chi connectivity index (χ1v) is 2.39. The predicted octanol–water partition coefficient (Wildman–Crippen LogP) is -0.637. The van der Waals surface area contributed by atoms with Gasteiger partial charge in [0.05, 0.1) is 0 Å². The van der Waals surface area contributed by atoms with Crippen molar-refractivity contribution in [3.63, 3.8) is 0 Å². The van der Waals surface area contributed by atoms with Gasteiger partial charge in [-0.3, -0.25) is 16.5 Å². The topological polar surface area (TPSA) is 81.5 Å². The van der Waals surface area contributed by atoms with Crippen molar-refractivity contribution in [2.75, 3.05) is 0 Å². The highest BCUT2D eigenvalue weighted by molar-refractivity contribution is 6.07. The molecule has 0 spiro atoms. The highest BCUT2D eigenvalue weighted by Gasteiger charge is 2.02. The zero-order valence-electron chi connectivity index (χ0n) is 5.16. The SMILES string of the molecule is CC1=CC=NC1=O.NN. The Morgan fingerprint density at radius 3 is 2.22 bits per heavy atom. The van der Waals surface area contributed by atoms with Crippen molar-refractivity contribution in [3.8, 4) is 0 Å². The lowest BCUT2D eigenvalue weighted by Gasteiger charge is -1.77. The third-order valence-electron chi connectivity index (χ3n) is 0.854. The summed E-state index contributed by atoms with van der Waals surface area (Å²) < 4.78 is 0. The summed E-state index contributed by atoms with van der Waals surface area (Å²) in [6.07, 6.45) is 3.21. The van der Waals surface area contributed by atoms with Crippen LogP contribution in [0.1, 0.15) is 6.92 Å². The molecule has 1 rings (SSSR count). The summed E-state index contributed by atoms with van der Waals surface area (Å²) in [7, 11) is 0. The number of aliphatic imine (C=N–C) groups is 1. The number of amides is 1. The number of nitrogens with two attached hydrogens (primary N) is 2. The first-order valence-electron chi connectivity index (χ1n) is 2.39. The van der Waals surface area contributed by atoms with Gasteiger partial charge in [-0.25, -0.2) is 4.99 Å². The lowest BCUT2D eigenvalue weighted by Crippen LogP contribution is -2.02. The molecule has 0 aromatic carbocycles. The summed E-state index contributed by atoms with van der Waals surface area (Å²) >= 11 is 0. The second kappa shape index (κ2) is 3.94. The molecule has 4 heteroatoms. The van der Waals surface area contributed by atoms with E-state index in [-0.39, 0.29) is 5.91 Å². The van der Waals surface area contributed by atoms with E-state index in [1.807, 2.05) is 0 Å². The molecule has 0 aliphatic carbocycles. The number of hydrazine groups is 1. The molecule has 0 bridgehead atoms. The third-order valence-corrected chi connectivity index (χ3v) is 0.854. The van der Waals surface area contributed by atoms with Crippen LogP contribution in [0.3, 0.4) is 0 Å². The first-order chi connectivity index (χ1) is 4.30. The maximum atomic E-state index is 10.3. The van der Waals surface area contributed by atoms with Crippen LogP contribution in [0.25, 0.3) is 0 Å². The molecule has 0 radical (unpaired) electrons. The van der Waals surface area contributed by atoms with Gasteiger partial charge in [0.2, 0.25) is 0 Å². The molecule has 4 nitrogen and oxygen atoms in total. The second-order valence-electron chi connectivity index (χ2n) is 1.43. The minimum atomic E-state index is -0.111. The van der Waals surface area contributed by atoms with Crippen molar-refractivity contribution in [2.24, 2.45) is 16.7 Å². The van der Waals surface area contributed by atoms with E-state index < -0.39 is 0 Å². The fourth-order valence-electron chi connectivity index (χ4n) is 0.390. The van der Waals surface area contributed by atoms with E-state index in [2.05, 4.69) is 16.7 Å². The number of carbonyl (C=O) groups is 1. The van der Waals surface area contributed by atoms with Crippen molar-refractivity contribution in [1.82, 2.24) is 0 Å². The quantitative estimate of drug-likeness (QED) is 0.335. The first kappa shape index (κ1) is 8.00. The lowest BCUT2D eigenvalue weighted by molar-refractivity contribution is -0.114. The van der Waals surface area contributed by atoms with Gasteiger partial charge >= 0.3 is 0 Å². The van der Waals surface area contributed by atoms with Crippen LogP contribution in [0.15, 0.2) is 16.6 Å². The number of nitrogens with zero attached hydrogens (tertiary/aromatic N) is 1. The van der Waals surface area contributed by atoms with Crippen LogP contribution in [-0.2, 0) is 4.79 Å². The van der Waals surface area contributed by atoms with Gasteiger partial charge in [0.1, 0.15) is 0 Å². The lowest BCUT2D eigenvalue weighted by atomic mass is 10.3. The van der Waals surface area contributed by atoms with Gasteiger partial charge in [-0.1, -0.05) is 0 Å². The molecule has 0 saturated heterocycles. The maximum Gasteiger partial charge on any atom is 0.272 e. The summed E-state index contributed by atoms with van der Waals surface area (Å²) in [6.45, 7) is 1.75. The van der Waals surface area contributed by atoms with Gasteiger partial charge in [0.15, 0.2) is 0 Å².